The van der Waals surface area contributed by atoms with Crippen LogP contribution in [0.5, 0.6) is 0 Å². The van der Waals surface area contributed by atoms with Gasteiger partial charge in [0.25, 0.3) is 5.91 Å². The first kappa shape index (κ1) is 16.0. The summed E-state index contributed by atoms with van der Waals surface area (Å²) in [6.45, 7) is 4.32. The Morgan fingerprint density at radius 2 is 2.04 bits per heavy atom. The van der Waals surface area contributed by atoms with Crippen LogP contribution in [-0.4, -0.2) is 64.5 Å². The third-order valence-corrected chi connectivity index (χ3v) is 4.74. The van der Waals surface area contributed by atoms with Crippen LogP contribution in [0.1, 0.15) is 21.6 Å². The highest BCUT2D eigenvalue weighted by atomic mass is 16.5. The Bertz CT molecular complexity index is 740. The molecule has 0 bridgehead atoms. The first-order valence-corrected chi connectivity index (χ1v) is 7.70. The maximum absolute atomic E-state index is 12.7. The number of aromatic nitrogens is 1. The van der Waals surface area contributed by atoms with Crippen LogP contribution in [0.25, 0.3) is 10.9 Å². The fraction of sp³-hybridized carbons (Fsp3) is 0.471. The third kappa shape index (κ3) is 2.73. The van der Waals surface area contributed by atoms with Crippen LogP contribution in [0.15, 0.2) is 18.2 Å². The molecule has 1 aliphatic heterocycles. The highest BCUT2D eigenvalue weighted by Gasteiger charge is 2.36. The van der Waals surface area contributed by atoms with E-state index in [0.717, 1.165) is 22.2 Å². The zero-order valence-electron chi connectivity index (χ0n) is 13.5. The molecule has 0 radical (unpaired) electrons. The quantitative estimate of drug-likeness (QED) is 0.770. The number of ether oxygens (including phenoxy) is 1. The van der Waals surface area contributed by atoms with Gasteiger partial charge >= 0.3 is 0 Å². The largest absolute Gasteiger partial charge is 0.388 e. The number of amides is 1. The Hall–Kier alpha value is -1.89. The van der Waals surface area contributed by atoms with Crippen LogP contribution < -0.4 is 0 Å². The molecule has 2 heterocycles. The van der Waals surface area contributed by atoms with E-state index in [2.05, 4.69) is 4.98 Å². The zero-order valence-corrected chi connectivity index (χ0v) is 13.5. The minimum absolute atomic E-state index is 0.0908. The lowest BCUT2D eigenvalue weighted by Crippen LogP contribution is -2.56. The summed E-state index contributed by atoms with van der Waals surface area (Å²) in [6.07, 6.45) is -1.97. The van der Waals surface area contributed by atoms with Crippen LogP contribution in [0.4, 0.5) is 0 Å². The molecule has 3 N–H and O–H groups in total. The number of nitrogens with zero attached hydrogens (tertiary/aromatic N) is 1. The van der Waals surface area contributed by atoms with Crippen molar-refractivity contribution >= 4 is 16.8 Å². The molecule has 0 aliphatic carbocycles. The molecule has 0 unspecified atom stereocenters. The van der Waals surface area contributed by atoms with Gasteiger partial charge in [0.15, 0.2) is 0 Å². The van der Waals surface area contributed by atoms with Crippen molar-refractivity contribution < 1.29 is 19.7 Å². The molecule has 3 atom stereocenters. The molecule has 0 spiro atoms. The first-order valence-electron chi connectivity index (χ1n) is 7.70. The molecule has 1 aromatic carbocycles. The summed E-state index contributed by atoms with van der Waals surface area (Å²) in [5.41, 5.74) is 3.75. The van der Waals surface area contributed by atoms with Crippen molar-refractivity contribution in [2.45, 2.75) is 32.1 Å². The van der Waals surface area contributed by atoms with Gasteiger partial charge in [0, 0.05) is 29.2 Å². The monoisotopic (exact) mass is 318 g/mol. The molecule has 2 aromatic rings. The van der Waals surface area contributed by atoms with Crippen LogP contribution >= 0.6 is 0 Å². The summed E-state index contributed by atoms with van der Waals surface area (Å²) in [7, 11) is 1.62. The van der Waals surface area contributed by atoms with Gasteiger partial charge in [-0.3, -0.25) is 4.79 Å². The normalized spacial score (nSPS) is 24.8. The maximum Gasteiger partial charge on any atom is 0.254 e. The third-order valence-electron chi connectivity index (χ3n) is 4.74. The van der Waals surface area contributed by atoms with Crippen molar-refractivity contribution in [3.8, 4) is 0 Å². The van der Waals surface area contributed by atoms with Crippen LogP contribution in [0.2, 0.25) is 0 Å². The standard InChI is InChI=1S/C17H22N2O4/c1-9-10(2)18-13-5-4-11(6-12(9)13)17(22)19(3)14-7-23-8-15(20)16(14)21/h4-6,14-16,18,20-21H,7-8H2,1-3H3/t14-,15-,16+/m1/s1. The second-order valence-corrected chi connectivity index (χ2v) is 6.21. The Morgan fingerprint density at radius 3 is 2.78 bits per heavy atom. The number of H-pyrrole nitrogens is 1. The van der Waals surface area contributed by atoms with Gasteiger partial charge in [-0.1, -0.05) is 0 Å². The smallest absolute Gasteiger partial charge is 0.254 e. The number of likely N-dealkylation sites (N-methyl/N-ethyl adjacent to an activating group) is 1. The number of aliphatic hydroxyl groups excluding tert-OH is 2. The van der Waals surface area contributed by atoms with E-state index in [4.69, 9.17) is 4.74 Å². The van der Waals surface area contributed by atoms with Crippen LogP contribution in [0, 0.1) is 13.8 Å². The number of carbonyl (C=O) groups excluding carboxylic acids is 1. The van der Waals surface area contributed by atoms with Crippen molar-refractivity contribution in [1.29, 1.82) is 0 Å². The number of aryl methyl sites for hydroxylation is 2. The Kier molecular flexibility index (Phi) is 4.14. The Balaban J connectivity index is 1.88. The fourth-order valence-corrected chi connectivity index (χ4v) is 3.05. The molecule has 6 heteroatoms. The molecule has 1 amide bonds. The van der Waals surface area contributed by atoms with E-state index >= 15 is 0 Å². The van der Waals surface area contributed by atoms with Crippen molar-refractivity contribution in [1.82, 2.24) is 9.88 Å². The minimum Gasteiger partial charge on any atom is -0.388 e. The molecule has 1 saturated heterocycles. The molecule has 3 rings (SSSR count). The Morgan fingerprint density at radius 1 is 1.30 bits per heavy atom. The molecule has 1 aromatic heterocycles. The van der Waals surface area contributed by atoms with Gasteiger partial charge in [-0.2, -0.15) is 0 Å². The highest BCUT2D eigenvalue weighted by molar-refractivity contribution is 5.99. The number of fused-ring (bicyclic) bond motifs is 1. The lowest BCUT2D eigenvalue weighted by Gasteiger charge is -2.37. The van der Waals surface area contributed by atoms with Gasteiger partial charge in [-0.05, 0) is 37.6 Å². The van der Waals surface area contributed by atoms with Gasteiger partial charge in [0.05, 0.1) is 19.3 Å². The van der Waals surface area contributed by atoms with Crippen molar-refractivity contribution in [3.05, 3.63) is 35.0 Å². The Labute approximate surface area is 134 Å². The predicted octanol–water partition coefficient (Wildman–Crippen LogP) is 0.977. The summed E-state index contributed by atoms with van der Waals surface area (Å²) < 4.78 is 5.26. The summed E-state index contributed by atoms with van der Waals surface area (Å²) in [4.78, 5) is 17.5. The summed E-state index contributed by atoms with van der Waals surface area (Å²) in [6, 6.07) is 4.96. The molecule has 6 nitrogen and oxygen atoms in total. The van der Waals surface area contributed by atoms with E-state index in [9.17, 15) is 15.0 Å². The zero-order chi connectivity index (χ0) is 16.7. The number of rotatable bonds is 2. The fourth-order valence-electron chi connectivity index (χ4n) is 3.05. The van der Waals surface area contributed by atoms with E-state index in [1.165, 1.54) is 4.90 Å². The molecule has 1 aliphatic rings. The summed E-state index contributed by atoms with van der Waals surface area (Å²) >= 11 is 0. The van der Waals surface area contributed by atoms with Gasteiger partial charge in [-0.15, -0.1) is 0 Å². The minimum atomic E-state index is -1.00. The van der Waals surface area contributed by atoms with Crippen molar-refractivity contribution in [2.24, 2.45) is 0 Å². The number of carbonyl (C=O) groups is 1. The summed E-state index contributed by atoms with van der Waals surface area (Å²) in [5, 5.41) is 20.8. The van der Waals surface area contributed by atoms with Crippen molar-refractivity contribution in [3.63, 3.8) is 0 Å². The number of hydrogen-bond donors (Lipinski definition) is 3. The molecule has 124 valence electrons. The number of aromatic amines is 1. The first-order chi connectivity index (χ1) is 10.9. The number of nitrogens with one attached hydrogen (secondary N) is 1. The molecular formula is C17H22N2O4. The van der Waals surface area contributed by atoms with Crippen LogP contribution in [-0.2, 0) is 4.74 Å². The maximum atomic E-state index is 12.7. The van der Waals surface area contributed by atoms with Gasteiger partial charge < -0.3 is 24.8 Å². The number of benzene rings is 1. The highest BCUT2D eigenvalue weighted by Crippen LogP contribution is 2.24. The summed E-state index contributed by atoms with van der Waals surface area (Å²) in [5.74, 6) is -0.202. The van der Waals surface area contributed by atoms with Crippen molar-refractivity contribution in [2.75, 3.05) is 20.3 Å². The SMILES string of the molecule is Cc1[nH]c2ccc(C(=O)N(C)[C@@H]3COC[C@@H](O)[C@H]3O)cc2c1C. The number of aliphatic hydroxyl groups is 2. The molecular weight excluding hydrogens is 296 g/mol. The lowest BCUT2D eigenvalue weighted by atomic mass is 10.0. The van der Waals surface area contributed by atoms with Gasteiger partial charge in [0.1, 0.15) is 12.2 Å². The second kappa shape index (κ2) is 5.96. The van der Waals surface area contributed by atoms with E-state index < -0.39 is 18.2 Å². The van der Waals surface area contributed by atoms with Gasteiger partial charge in [0.2, 0.25) is 0 Å². The average Bonchev–Trinajstić information content (AvgIpc) is 2.83. The second-order valence-electron chi connectivity index (χ2n) is 6.21. The van der Waals surface area contributed by atoms with E-state index in [1.54, 1.807) is 13.1 Å². The average molecular weight is 318 g/mol. The lowest BCUT2D eigenvalue weighted by molar-refractivity contribution is -0.122. The molecule has 23 heavy (non-hydrogen) atoms. The van der Waals surface area contributed by atoms with Gasteiger partial charge in [-0.25, -0.2) is 0 Å². The predicted molar refractivity (Wildman–Crippen MR) is 86.5 cm³/mol. The molecule has 1 fully saturated rings. The topological polar surface area (TPSA) is 85.8 Å². The molecule has 0 saturated carbocycles. The van der Waals surface area contributed by atoms with E-state index in [-0.39, 0.29) is 19.1 Å². The van der Waals surface area contributed by atoms with E-state index in [1.807, 2.05) is 26.0 Å². The van der Waals surface area contributed by atoms with E-state index in [0.29, 0.717) is 5.56 Å². The van der Waals surface area contributed by atoms with Crippen LogP contribution in [0.3, 0.4) is 0 Å². The number of hydrogen-bond acceptors (Lipinski definition) is 4.